The summed E-state index contributed by atoms with van der Waals surface area (Å²) in [6.45, 7) is 3.32. The number of hydrogen-bond donors (Lipinski definition) is 0. The second-order valence-electron chi connectivity index (χ2n) is 9.00. The molecule has 11 heteroatoms. The van der Waals surface area contributed by atoms with Crippen LogP contribution in [0.3, 0.4) is 0 Å². The van der Waals surface area contributed by atoms with Gasteiger partial charge in [0, 0.05) is 13.1 Å². The Kier molecular flexibility index (Phi) is 4.23. The van der Waals surface area contributed by atoms with Crippen molar-refractivity contribution in [2.75, 3.05) is 13.1 Å². The van der Waals surface area contributed by atoms with Crippen molar-refractivity contribution in [3.63, 3.8) is 0 Å². The first kappa shape index (κ1) is 21.1. The molecule has 3 amide bonds. The summed E-state index contributed by atoms with van der Waals surface area (Å²) in [5.41, 5.74) is -5.61. The van der Waals surface area contributed by atoms with Crippen LogP contribution in [-0.4, -0.2) is 58.7 Å². The molecular weight excluding hydrogens is 421 g/mol. The molecule has 0 unspecified atom stereocenters. The fourth-order valence-electron chi connectivity index (χ4n) is 4.26. The van der Waals surface area contributed by atoms with Gasteiger partial charge in [-0.1, -0.05) is 17.2 Å². The smallest absolute Gasteiger partial charge is 0.410 e. The van der Waals surface area contributed by atoms with E-state index in [1.54, 1.807) is 20.8 Å². The maximum atomic E-state index is 13.9. The molecule has 2 atom stereocenters. The van der Waals surface area contributed by atoms with Crippen LogP contribution in [0, 0.1) is 10.8 Å². The van der Waals surface area contributed by atoms with Crippen LogP contribution in [0.5, 0.6) is 0 Å². The largest absolute Gasteiger partial charge is 0.444 e. The predicted molar refractivity (Wildman–Crippen MR) is 96.4 cm³/mol. The summed E-state index contributed by atoms with van der Waals surface area (Å²) in [6, 6.07) is 5.69. The third-order valence-electron chi connectivity index (χ3n) is 5.83. The number of ether oxygens (including phenoxy) is 1. The summed E-state index contributed by atoms with van der Waals surface area (Å²) >= 11 is 0. The van der Waals surface area contributed by atoms with Gasteiger partial charge < -0.3 is 14.5 Å². The lowest BCUT2D eigenvalue weighted by Gasteiger charge is -2.26. The number of benzene rings is 1. The first-order valence-corrected chi connectivity index (χ1v) is 9.47. The van der Waals surface area contributed by atoms with Crippen molar-refractivity contribution in [2.24, 2.45) is 10.8 Å². The van der Waals surface area contributed by atoms with Gasteiger partial charge in [-0.3, -0.25) is 9.59 Å². The van der Waals surface area contributed by atoms with Gasteiger partial charge >= 0.3 is 18.2 Å². The maximum absolute atomic E-state index is 13.9. The number of piperidine rings is 1. The van der Waals surface area contributed by atoms with Crippen LogP contribution in [0.1, 0.15) is 47.9 Å². The molecule has 2 fully saturated rings. The van der Waals surface area contributed by atoms with Crippen molar-refractivity contribution in [3.8, 4) is 0 Å². The van der Waals surface area contributed by atoms with Crippen LogP contribution in [0.25, 0.3) is 0 Å². The van der Waals surface area contributed by atoms with E-state index in [1.807, 2.05) is 0 Å². The zero-order valence-corrected chi connectivity index (χ0v) is 16.9. The SMILES string of the molecule is CC(C)(C)OC(=O)N1C[C@@]2(C(=O)ON3C(=O)c4ccccc4C3=O)C[C@@]2(C(F)(F)F)C1. The summed E-state index contributed by atoms with van der Waals surface area (Å²) < 4.78 is 46.9. The number of hydrogen-bond acceptors (Lipinski definition) is 6. The van der Waals surface area contributed by atoms with Crippen molar-refractivity contribution in [2.45, 2.75) is 39.0 Å². The van der Waals surface area contributed by atoms with Gasteiger partial charge in [-0.05, 0) is 39.3 Å². The molecule has 0 bridgehead atoms. The Hall–Kier alpha value is -3.11. The van der Waals surface area contributed by atoms with E-state index >= 15 is 0 Å². The number of fused-ring (bicyclic) bond motifs is 2. The number of amides is 3. The normalized spacial score (nSPS) is 27.2. The third-order valence-corrected chi connectivity index (χ3v) is 5.83. The number of carbonyl (C=O) groups is 4. The van der Waals surface area contributed by atoms with E-state index in [0.717, 1.165) is 4.90 Å². The standard InChI is InChI=1S/C20H19F3N2O6/c1-17(2,3)30-16(29)24-9-18(8-19(18,10-24)20(21,22)23)15(28)31-25-13(26)11-6-4-5-7-12(11)14(25)27/h4-7H,8-10H2,1-3H3/t18-,19-/m1/s1. The van der Waals surface area contributed by atoms with E-state index in [9.17, 15) is 32.3 Å². The molecule has 1 aliphatic carbocycles. The highest BCUT2D eigenvalue weighted by molar-refractivity contribution is 6.21. The van der Waals surface area contributed by atoms with E-state index in [2.05, 4.69) is 0 Å². The van der Waals surface area contributed by atoms with Crippen molar-refractivity contribution < 1.29 is 41.9 Å². The molecule has 31 heavy (non-hydrogen) atoms. The lowest BCUT2D eigenvalue weighted by atomic mass is 9.96. The Morgan fingerprint density at radius 2 is 1.55 bits per heavy atom. The van der Waals surface area contributed by atoms with Gasteiger partial charge in [0.25, 0.3) is 11.8 Å². The fourth-order valence-corrected chi connectivity index (χ4v) is 4.26. The second-order valence-corrected chi connectivity index (χ2v) is 9.00. The van der Waals surface area contributed by atoms with Gasteiger partial charge in [0.15, 0.2) is 0 Å². The number of nitrogens with zero attached hydrogens (tertiary/aromatic N) is 2. The quantitative estimate of drug-likeness (QED) is 0.657. The molecule has 0 aromatic heterocycles. The van der Waals surface area contributed by atoms with E-state index in [-0.39, 0.29) is 16.2 Å². The lowest BCUT2D eigenvalue weighted by Crippen LogP contribution is -2.40. The van der Waals surface area contributed by atoms with Crippen LogP contribution >= 0.6 is 0 Å². The number of alkyl halides is 3. The zero-order valence-electron chi connectivity index (χ0n) is 16.9. The van der Waals surface area contributed by atoms with Crippen molar-refractivity contribution >= 4 is 23.9 Å². The molecule has 2 heterocycles. The molecule has 1 saturated carbocycles. The first-order chi connectivity index (χ1) is 14.2. The van der Waals surface area contributed by atoms with E-state index < -0.39 is 66.0 Å². The lowest BCUT2D eigenvalue weighted by molar-refractivity contribution is -0.203. The Bertz CT molecular complexity index is 982. The number of hydroxylamine groups is 2. The van der Waals surface area contributed by atoms with Gasteiger partial charge in [0.2, 0.25) is 0 Å². The third kappa shape index (κ3) is 2.97. The number of rotatable bonds is 2. The van der Waals surface area contributed by atoms with Crippen molar-refractivity contribution in [3.05, 3.63) is 35.4 Å². The Morgan fingerprint density at radius 1 is 1.00 bits per heavy atom. The van der Waals surface area contributed by atoms with Crippen molar-refractivity contribution in [1.29, 1.82) is 0 Å². The summed E-state index contributed by atoms with van der Waals surface area (Å²) in [7, 11) is 0. The summed E-state index contributed by atoms with van der Waals surface area (Å²) in [5.74, 6) is -3.26. The zero-order chi connectivity index (χ0) is 23.0. The number of halogens is 3. The molecule has 4 rings (SSSR count). The number of likely N-dealkylation sites (tertiary alicyclic amines) is 1. The minimum absolute atomic E-state index is 0.0162. The predicted octanol–water partition coefficient (Wildman–Crippen LogP) is 2.93. The van der Waals surface area contributed by atoms with Gasteiger partial charge in [-0.25, -0.2) is 9.59 Å². The van der Waals surface area contributed by atoms with Gasteiger partial charge in [-0.2, -0.15) is 13.2 Å². The van der Waals surface area contributed by atoms with E-state index in [0.29, 0.717) is 0 Å². The molecular formula is C20H19F3N2O6. The highest BCUT2D eigenvalue weighted by atomic mass is 19.4. The average Bonchev–Trinajstić information content (AvgIpc) is 3.11. The monoisotopic (exact) mass is 440 g/mol. The summed E-state index contributed by atoms with van der Waals surface area (Å²) in [5, 5.41) is 0.178. The Labute approximate surface area is 174 Å². The van der Waals surface area contributed by atoms with E-state index in [1.165, 1.54) is 24.3 Å². The highest BCUT2D eigenvalue weighted by Gasteiger charge is 2.88. The maximum Gasteiger partial charge on any atom is 0.410 e. The first-order valence-electron chi connectivity index (χ1n) is 9.47. The van der Waals surface area contributed by atoms with Crippen LogP contribution in [0.15, 0.2) is 24.3 Å². The molecule has 0 radical (unpaired) electrons. The molecule has 1 aromatic carbocycles. The van der Waals surface area contributed by atoms with Gasteiger partial charge in [0.1, 0.15) is 16.4 Å². The Balaban J connectivity index is 1.58. The number of carbonyl (C=O) groups excluding carboxylic acids is 4. The molecule has 1 saturated heterocycles. The van der Waals surface area contributed by atoms with Crippen LogP contribution in [-0.2, 0) is 14.4 Å². The summed E-state index contributed by atoms with van der Waals surface area (Å²) in [6.07, 6.45) is -6.41. The van der Waals surface area contributed by atoms with E-state index in [4.69, 9.17) is 9.57 Å². The van der Waals surface area contributed by atoms with Crippen molar-refractivity contribution in [1.82, 2.24) is 9.96 Å². The van der Waals surface area contributed by atoms with Crippen LogP contribution in [0.4, 0.5) is 18.0 Å². The van der Waals surface area contributed by atoms with Gasteiger partial charge in [0.05, 0.1) is 11.1 Å². The minimum Gasteiger partial charge on any atom is -0.444 e. The van der Waals surface area contributed by atoms with Crippen LogP contribution < -0.4 is 0 Å². The van der Waals surface area contributed by atoms with Gasteiger partial charge in [-0.15, -0.1) is 0 Å². The molecule has 166 valence electrons. The molecule has 8 nitrogen and oxygen atoms in total. The molecule has 3 aliphatic rings. The van der Waals surface area contributed by atoms with Crippen LogP contribution in [0.2, 0.25) is 0 Å². The molecule has 0 N–H and O–H groups in total. The molecule has 1 aromatic rings. The topological polar surface area (TPSA) is 93.2 Å². The molecule has 0 spiro atoms. The highest BCUT2D eigenvalue weighted by Crippen LogP contribution is 2.75. The fraction of sp³-hybridized carbons (Fsp3) is 0.500. The summed E-state index contributed by atoms with van der Waals surface area (Å²) in [4.78, 5) is 55.7. The minimum atomic E-state index is -4.81. The average molecular weight is 440 g/mol. The molecule has 2 aliphatic heterocycles. The number of imide groups is 1. The Morgan fingerprint density at radius 3 is 2.03 bits per heavy atom. The second kappa shape index (κ2) is 6.21.